The van der Waals surface area contributed by atoms with E-state index in [0.717, 1.165) is 12.8 Å². The van der Waals surface area contributed by atoms with Gasteiger partial charge in [-0.3, -0.25) is 4.79 Å². The van der Waals surface area contributed by atoms with Gasteiger partial charge in [0.25, 0.3) is 0 Å². The van der Waals surface area contributed by atoms with Gasteiger partial charge in [-0.1, -0.05) is 13.8 Å². The first kappa shape index (κ1) is 9.00. The Balaban J connectivity index is 2.15. The van der Waals surface area contributed by atoms with Crippen LogP contribution in [0.15, 0.2) is 0 Å². The third-order valence-electron chi connectivity index (χ3n) is 3.12. The van der Waals surface area contributed by atoms with Crippen molar-refractivity contribution in [2.75, 3.05) is 0 Å². The van der Waals surface area contributed by atoms with Gasteiger partial charge in [0.1, 0.15) is 6.10 Å². The Hall–Kier alpha value is -0.570. The average Bonchev–Trinajstić information content (AvgIpc) is 2.27. The molecule has 1 saturated carbocycles. The third kappa shape index (κ3) is 1.57. The van der Waals surface area contributed by atoms with Gasteiger partial charge in [-0.05, 0) is 18.3 Å². The maximum Gasteiger partial charge on any atom is 0.306 e. The van der Waals surface area contributed by atoms with Crippen LogP contribution in [0.5, 0.6) is 0 Å². The summed E-state index contributed by atoms with van der Waals surface area (Å²) >= 11 is 0. The lowest BCUT2D eigenvalue weighted by Gasteiger charge is -2.39. The molecular weight excluding hydrogens is 168 g/mol. The Morgan fingerprint density at radius 1 is 1.46 bits per heavy atom. The first-order chi connectivity index (χ1) is 5.98. The summed E-state index contributed by atoms with van der Waals surface area (Å²) < 4.78 is 5.08. The van der Waals surface area contributed by atoms with Crippen molar-refractivity contribution < 1.29 is 14.6 Å². The molecule has 13 heavy (non-hydrogen) atoms. The molecule has 2 rings (SSSR count). The first-order valence-electron chi connectivity index (χ1n) is 4.85. The van der Waals surface area contributed by atoms with E-state index in [1.54, 1.807) is 0 Å². The lowest BCUT2D eigenvalue weighted by atomic mass is 9.69. The highest BCUT2D eigenvalue weighted by Gasteiger charge is 2.47. The lowest BCUT2D eigenvalue weighted by Crippen LogP contribution is -2.42. The summed E-state index contributed by atoms with van der Waals surface area (Å²) in [5.41, 5.74) is 0.147. The van der Waals surface area contributed by atoms with Crippen molar-refractivity contribution in [2.45, 2.75) is 45.3 Å². The van der Waals surface area contributed by atoms with Gasteiger partial charge in [0.2, 0.25) is 0 Å². The number of esters is 1. The monoisotopic (exact) mass is 184 g/mol. The number of carbonyl (C=O) groups is 1. The van der Waals surface area contributed by atoms with Crippen LogP contribution in [0, 0.1) is 11.3 Å². The number of fused-ring (bicyclic) bond motifs is 1. The molecule has 0 spiro atoms. The summed E-state index contributed by atoms with van der Waals surface area (Å²) in [4.78, 5) is 11.0. The van der Waals surface area contributed by atoms with Gasteiger partial charge in [0, 0.05) is 5.92 Å². The molecule has 0 unspecified atom stereocenters. The van der Waals surface area contributed by atoms with Gasteiger partial charge >= 0.3 is 5.97 Å². The molecule has 1 saturated heterocycles. The normalized spacial score (nSPS) is 42.7. The fraction of sp³-hybridized carbons (Fsp3) is 0.900. The standard InChI is InChI=1S/C10H16O3/c1-10(2)4-6-3-8(12)13-9(6)7(11)5-10/h6-7,9,11H,3-5H2,1-2H3/t6-,7-,9-/m1/s1. The maximum absolute atomic E-state index is 11.0. The van der Waals surface area contributed by atoms with Crippen LogP contribution < -0.4 is 0 Å². The molecule has 0 aromatic heterocycles. The van der Waals surface area contributed by atoms with Crippen LogP contribution in [-0.2, 0) is 9.53 Å². The molecule has 3 nitrogen and oxygen atoms in total. The average molecular weight is 184 g/mol. The van der Waals surface area contributed by atoms with Crippen LogP contribution in [0.2, 0.25) is 0 Å². The molecule has 3 heteroatoms. The van der Waals surface area contributed by atoms with Crippen molar-refractivity contribution in [1.82, 2.24) is 0 Å². The van der Waals surface area contributed by atoms with Crippen molar-refractivity contribution in [3.8, 4) is 0 Å². The van der Waals surface area contributed by atoms with E-state index in [2.05, 4.69) is 13.8 Å². The van der Waals surface area contributed by atoms with Crippen molar-refractivity contribution in [3.63, 3.8) is 0 Å². The Bertz CT molecular complexity index is 234. The molecule has 2 fully saturated rings. The second-order valence-corrected chi connectivity index (χ2v) is 5.06. The Morgan fingerprint density at radius 2 is 2.15 bits per heavy atom. The predicted octanol–water partition coefficient (Wildman–Crippen LogP) is 1.10. The third-order valence-corrected chi connectivity index (χ3v) is 3.12. The SMILES string of the molecule is CC1(C)C[C@H]2CC(=O)O[C@H]2[C@H](O)C1. The summed E-state index contributed by atoms with van der Waals surface area (Å²) in [5.74, 6) is 0.0954. The molecular formula is C10H16O3. The molecule has 74 valence electrons. The molecule has 0 bridgehead atoms. The van der Waals surface area contributed by atoms with Crippen LogP contribution in [0.25, 0.3) is 0 Å². The molecule has 0 radical (unpaired) electrons. The largest absolute Gasteiger partial charge is 0.459 e. The molecule has 0 aromatic rings. The van der Waals surface area contributed by atoms with Crippen molar-refractivity contribution in [1.29, 1.82) is 0 Å². The van der Waals surface area contributed by atoms with Crippen LogP contribution >= 0.6 is 0 Å². The van der Waals surface area contributed by atoms with Crippen molar-refractivity contribution in [3.05, 3.63) is 0 Å². The number of hydrogen-bond donors (Lipinski definition) is 1. The second-order valence-electron chi connectivity index (χ2n) is 5.06. The smallest absolute Gasteiger partial charge is 0.306 e. The quantitative estimate of drug-likeness (QED) is 0.573. The van der Waals surface area contributed by atoms with E-state index in [1.165, 1.54) is 0 Å². The van der Waals surface area contributed by atoms with Crippen molar-refractivity contribution >= 4 is 5.97 Å². The van der Waals surface area contributed by atoms with Gasteiger partial charge in [-0.25, -0.2) is 0 Å². The second kappa shape index (κ2) is 2.71. The van der Waals surface area contributed by atoms with Crippen molar-refractivity contribution in [2.24, 2.45) is 11.3 Å². The summed E-state index contributed by atoms with van der Waals surface area (Å²) in [5, 5.41) is 9.76. The van der Waals surface area contributed by atoms with Gasteiger partial charge < -0.3 is 9.84 Å². The van der Waals surface area contributed by atoms with E-state index in [9.17, 15) is 9.90 Å². The Labute approximate surface area is 78.1 Å². The van der Waals surface area contributed by atoms with Crippen LogP contribution in [0.4, 0.5) is 0 Å². The fourth-order valence-electron chi connectivity index (χ4n) is 2.68. The molecule has 0 amide bonds. The Kier molecular flexibility index (Phi) is 1.88. The molecule has 1 N–H and O–H groups in total. The van der Waals surface area contributed by atoms with Crippen LogP contribution in [-0.4, -0.2) is 23.3 Å². The lowest BCUT2D eigenvalue weighted by molar-refractivity contribution is -0.148. The molecule has 1 aliphatic heterocycles. The van der Waals surface area contributed by atoms with E-state index in [0.29, 0.717) is 6.42 Å². The minimum atomic E-state index is -0.458. The predicted molar refractivity (Wildman–Crippen MR) is 47.0 cm³/mol. The molecule has 1 heterocycles. The minimum absolute atomic E-state index is 0.147. The van der Waals surface area contributed by atoms with E-state index in [-0.39, 0.29) is 23.4 Å². The van der Waals surface area contributed by atoms with Crippen LogP contribution in [0.1, 0.15) is 33.1 Å². The number of carbonyl (C=O) groups excluding carboxylic acids is 1. The Morgan fingerprint density at radius 3 is 2.85 bits per heavy atom. The van der Waals surface area contributed by atoms with Gasteiger partial charge in [-0.2, -0.15) is 0 Å². The van der Waals surface area contributed by atoms with Crippen LogP contribution in [0.3, 0.4) is 0 Å². The topological polar surface area (TPSA) is 46.5 Å². The molecule has 0 aromatic carbocycles. The number of rotatable bonds is 0. The highest BCUT2D eigenvalue weighted by atomic mass is 16.6. The van der Waals surface area contributed by atoms with Gasteiger partial charge in [0.15, 0.2) is 0 Å². The molecule has 3 atom stereocenters. The number of hydrogen-bond acceptors (Lipinski definition) is 3. The summed E-state index contributed by atoms with van der Waals surface area (Å²) in [7, 11) is 0. The van der Waals surface area contributed by atoms with E-state index >= 15 is 0 Å². The minimum Gasteiger partial charge on any atom is -0.459 e. The summed E-state index contributed by atoms with van der Waals surface area (Å²) in [6.45, 7) is 4.27. The number of aliphatic hydroxyl groups is 1. The highest BCUT2D eigenvalue weighted by molar-refractivity contribution is 5.72. The zero-order chi connectivity index (χ0) is 9.64. The van der Waals surface area contributed by atoms with E-state index < -0.39 is 6.10 Å². The molecule has 2 aliphatic rings. The maximum atomic E-state index is 11.0. The zero-order valence-electron chi connectivity index (χ0n) is 8.12. The number of aliphatic hydroxyl groups excluding tert-OH is 1. The van der Waals surface area contributed by atoms with E-state index in [4.69, 9.17) is 4.74 Å². The van der Waals surface area contributed by atoms with Gasteiger partial charge in [-0.15, -0.1) is 0 Å². The fourth-order valence-corrected chi connectivity index (χ4v) is 2.68. The van der Waals surface area contributed by atoms with E-state index in [1.807, 2.05) is 0 Å². The first-order valence-corrected chi connectivity index (χ1v) is 4.85. The van der Waals surface area contributed by atoms with Gasteiger partial charge in [0.05, 0.1) is 12.5 Å². The summed E-state index contributed by atoms with van der Waals surface area (Å²) in [6.07, 6.45) is 1.54. The highest BCUT2D eigenvalue weighted by Crippen LogP contribution is 2.44. The summed E-state index contributed by atoms with van der Waals surface area (Å²) in [6, 6.07) is 0. The molecule has 1 aliphatic carbocycles. The number of ether oxygens (including phenoxy) is 1. The zero-order valence-corrected chi connectivity index (χ0v) is 8.12.